The Balaban J connectivity index is 1.08. The number of nitrogens with zero attached hydrogens (tertiary/aromatic N) is 4. The molecule has 11 heteroatoms. The molecule has 1 atom stereocenters. The van der Waals surface area contributed by atoms with E-state index in [9.17, 15) is 9.59 Å². The molecule has 5 rings (SSSR count). The highest BCUT2D eigenvalue weighted by molar-refractivity contribution is 6.42. The van der Waals surface area contributed by atoms with E-state index in [4.69, 9.17) is 27.9 Å². The number of H-pyrrole nitrogens is 1. The van der Waals surface area contributed by atoms with Gasteiger partial charge in [0.15, 0.2) is 5.82 Å². The maximum atomic E-state index is 13.1. The molecule has 1 aliphatic heterocycles. The van der Waals surface area contributed by atoms with Crippen LogP contribution >= 0.6 is 23.2 Å². The van der Waals surface area contributed by atoms with E-state index in [2.05, 4.69) is 25.9 Å². The van der Waals surface area contributed by atoms with Crippen molar-refractivity contribution < 1.29 is 14.3 Å². The third-order valence-corrected chi connectivity index (χ3v) is 8.41. The van der Waals surface area contributed by atoms with Crippen LogP contribution in [0.15, 0.2) is 72.8 Å². The lowest BCUT2D eigenvalue weighted by molar-refractivity contribution is -0.132. The van der Waals surface area contributed by atoms with Crippen LogP contribution in [0.1, 0.15) is 54.2 Å². The van der Waals surface area contributed by atoms with E-state index in [1.165, 1.54) is 0 Å². The lowest BCUT2D eigenvalue weighted by Gasteiger charge is -2.32. The van der Waals surface area contributed by atoms with E-state index >= 15 is 0 Å². The molecule has 1 fully saturated rings. The normalized spacial score (nSPS) is 14.3. The van der Waals surface area contributed by atoms with E-state index in [0.717, 1.165) is 35.3 Å². The number of aryl methyl sites for hydroxylation is 1. The standard InChI is InChI=1S/C32H34Cl2N6O3/c33-27-12-8-22(18-28(27)34)9-13-31(42)40-16-14-24(15-17-40)20-30(41)35-29(32-36-38-39-37-32)19-23-6-10-26(11-7-23)43-21-25-4-2-1-3-5-25/h1-8,10-12,18,24,29H,9,13-17,19-21H2,(H,35,41)(H,36,37,38,39). The summed E-state index contributed by atoms with van der Waals surface area (Å²) in [7, 11) is 0. The Morgan fingerprint density at radius 2 is 1.70 bits per heavy atom. The van der Waals surface area contributed by atoms with Gasteiger partial charge < -0.3 is 15.0 Å². The molecule has 1 unspecified atom stereocenters. The molecule has 2 heterocycles. The fourth-order valence-corrected chi connectivity index (χ4v) is 5.55. The first-order chi connectivity index (χ1) is 20.9. The van der Waals surface area contributed by atoms with Crippen LogP contribution in [0.2, 0.25) is 10.0 Å². The molecular formula is C32H34Cl2N6O3. The molecule has 2 N–H and O–H groups in total. The van der Waals surface area contributed by atoms with Crippen molar-refractivity contribution in [3.8, 4) is 5.75 Å². The van der Waals surface area contributed by atoms with E-state index < -0.39 is 6.04 Å². The Hall–Kier alpha value is -3.95. The highest BCUT2D eigenvalue weighted by Crippen LogP contribution is 2.25. The molecule has 4 aromatic rings. The van der Waals surface area contributed by atoms with Gasteiger partial charge in [0.2, 0.25) is 11.8 Å². The SMILES string of the molecule is O=C(CC1CCN(C(=O)CCc2ccc(Cl)c(Cl)c2)CC1)NC(Cc1ccc(OCc2ccccc2)cc1)c1nn[nH]n1. The van der Waals surface area contributed by atoms with Gasteiger partial charge in [-0.05, 0) is 66.1 Å². The number of hydrogen-bond acceptors (Lipinski definition) is 6. The molecule has 1 aliphatic rings. The van der Waals surface area contributed by atoms with Gasteiger partial charge in [-0.2, -0.15) is 5.21 Å². The predicted molar refractivity (Wildman–Crippen MR) is 165 cm³/mol. The van der Waals surface area contributed by atoms with Gasteiger partial charge >= 0.3 is 0 Å². The number of ether oxygens (including phenoxy) is 1. The fraction of sp³-hybridized carbons (Fsp3) is 0.344. The van der Waals surface area contributed by atoms with E-state index in [1.54, 1.807) is 12.1 Å². The Morgan fingerprint density at radius 1 is 0.953 bits per heavy atom. The summed E-state index contributed by atoms with van der Waals surface area (Å²) in [6, 6.07) is 22.8. The smallest absolute Gasteiger partial charge is 0.222 e. The second-order valence-corrected chi connectivity index (χ2v) is 11.6. The molecule has 9 nitrogen and oxygen atoms in total. The highest BCUT2D eigenvalue weighted by Gasteiger charge is 2.26. The first kappa shape index (κ1) is 30.5. The lowest BCUT2D eigenvalue weighted by Crippen LogP contribution is -2.40. The van der Waals surface area contributed by atoms with Crippen LogP contribution in [-0.2, 0) is 29.0 Å². The molecule has 0 aliphatic carbocycles. The van der Waals surface area contributed by atoms with Crippen molar-refractivity contribution >= 4 is 35.0 Å². The van der Waals surface area contributed by atoms with Gasteiger partial charge in [-0.15, -0.1) is 10.2 Å². The minimum absolute atomic E-state index is 0.0676. The van der Waals surface area contributed by atoms with E-state index in [0.29, 0.717) is 61.2 Å². The van der Waals surface area contributed by atoms with Crippen molar-refractivity contribution in [3.05, 3.63) is 105 Å². The number of hydrogen-bond donors (Lipinski definition) is 2. The van der Waals surface area contributed by atoms with Gasteiger partial charge in [-0.1, -0.05) is 76.9 Å². The van der Waals surface area contributed by atoms with Gasteiger partial charge in [0, 0.05) is 32.4 Å². The average Bonchev–Trinajstić information content (AvgIpc) is 3.57. The number of halogens is 2. The van der Waals surface area contributed by atoms with Crippen LogP contribution in [0.3, 0.4) is 0 Å². The molecule has 1 aromatic heterocycles. The van der Waals surface area contributed by atoms with Crippen molar-refractivity contribution in [1.29, 1.82) is 0 Å². The number of carbonyl (C=O) groups is 2. The topological polar surface area (TPSA) is 113 Å². The number of aromatic nitrogens is 4. The van der Waals surface area contributed by atoms with Gasteiger partial charge in [-0.25, -0.2) is 0 Å². The number of likely N-dealkylation sites (tertiary alicyclic amines) is 1. The molecule has 224 valence electrons. The number of benzene rings is 3. The molecule has 0 radical (unpaired) electrons. The number of piperidine rings is 1. The Labute approximate surface area is 260 Å². The zero-order valence-corrected chi connectivity index (χ0v) is 25.2. The molecular weight excluding hydrogens is 587 g/mol. The summed E-state index contributed by atoms with van der Waals surface area (Å²) in [4.78, 5) is 27.8. The van der Waals surface area contributed by atoms with Gasteiger partial charge in [0.25, 0.3) is 0 Å². The summed E-state index contributed by atoms with van der Waals surface area (Å²) in [6.07, 6.45) is 3.48. The first-order valence-corrected chi connectivity index (χ1v) is 15.2. The van der Waals surface area contributed by atoms with Gasteiger partial charge in [0.1, 0.15) is 12.4 Å². The van der Waals surface area contributed by atoms with Crippen molar-refractivity contribution in [1.82, 2.24) is 30.8 Å². The maximum absolute atomic E-state index is 13.1. The fourth-order valence-electron chi connectivity index (χ4n) is 5.23. The van der Waals surface area contributed by atoms with Crippen LogP contribution in [0.5, 0.6) is 5.75 Å². The van der Waals surface area contributed by atoms with Crippen LogP contribution in [0, 0.1) is 5.92 Å². The summed E-state index contributed by atoms with van der Waals surface area (Å²) in [6.45, 7) is 1.78. The van der Waals surface area contributed by atoms with Crippen molar-refractivity contribution in [2.24, 2.45) is 5.92 Å². The zero-order valence-electron chi connectivity index (χ0n) is 23.7. The summed E-state index contributed by atoms with van der Waals surface area (Å²) in [5.74, 6) is 1.45. The van der Waals surface area contributed by atoms with E-state index in [1.807, 2.05) is 65.6 Å². The largest absolute Gasteiger partial charge is 0.489 e. The van der Waals surface area contributed by atoms with Crippen LogP contribution in [0.25, 0.3) is 0 Å². The summed E-state index contributed by atoms with van der Waals surface area (Å²) < 4.78 is 5.89. The number of rotatable bonds is 12. The Kier molecular flexibility index (Phi) is 10.6. The first-order valence-electron chi connectivity index (χ1n) is 14.4. The minimum atomic E-state index is -0.426. The predicted octanol–water partition coefficient (Wildman–Crippen LogP) is 5.75. The third kappa shape index (κ3) is 9.02. The zero-order chi connectivity index (χ0) is 30.0. The molecule has 3 aromatic carbocycles. The van der Waals surface area contributed by atoms with Crippen LogP contribution < -0.4 is 10.1 Å². The number of nitrogens with one attached hydrogen (secondary N) is 2. The summed E-state index contributed by atoms with van der Waals surface area (Å²) in [5.41, 5.74) is 3.09. The highest BCUT2D eigenvalue weighted by atomic mass is 35.5. The van der Waals surface area contributed by atoms with Crippen molar-refractivity contribution in [2.45, 2.75) is 51.2 Å². The quantitative estimate of drug-likeness (QED) is 0.209. The van der Waals surface area contributed by atoms with Gasteiger partial charge in [-0.3, -0.25) is 9.59 Å². The molecule has 0 spiro atoms. The molecule has 43 heavy (non-hydrogen) atoms. The number of aromatic amines is 1. The van der Waals surface area contributed by atoms with Crippen LogP contribution in [-0.4, -0.2) is 50.4 Å². The average molecular weight is 622 g/mol. The van der Waals surface area contributed by atoms with Crippen LogP contribution in [0.4, 0.5) is 0 Å². The lowest BCUT2D eigenvalue weighted by atomic mass is 9.92. The number of tetrazole rings is 1. The van der Waals surface area contributed by atoms with Crippen molar-refractivity contribution in [2.75, 3.05) is 13.1 Å². The molecule has 0 saturated carbocycles. The van der Waals surface area contributed by atoms with Crippen molar-refractivity contribution in [3.63, 3.8) is 0 Å². The minimum Gasteiger partial charge on any atom is -0.489 e. The van der Waals surface area contributed by atoms with E-state index in [-0.39, 0.29) is 17.7 Å². The molecule has 0 bridgehead atoms. The second kappa shape index (κ2) is 15.0. The second-order valence-electron chi connectivity index (χ2n) is 10.8. The monoisotopic (exact) mass is 620 g/mol. The number of carbonyl (C=O) groups excluding carboxylic acids is 2. The van der Waals surface area contributed by atoms with Gasteiger partial charge in [0.05, 0.1) is 16.1 Å². The summed E-state index contributed by atoms with van der Waals surface area (Å²) in [5, 5.41) is 18.5. The summed E-state index contributed by atoms with van der Waals surface area (Å²) >= 11 is 12.1. The Bertz CT molecular complexity index is 1480. The third-order valence-electron chi connectivity index (χ3n) is 7.67. The Morgan fingerprint density at radius 3 is 2.40 bits per heavy atom. The molecule has 2 amide bonds. The molecule has 1 saturated heterocycles. The number of amides is 2. The maximum Gasteiger partial charge on any atom is 0.222 e.